The number of carbonyl (C=O) groups is 1. The van der Waals surface area contributed by atoms with E-state index in [9.17, 15) is 4.79 Å². The Balaban J connectivity index is 2.71. The smallest absolute Gasteiger partial charge is 0.237 e. The molecule has 0 aromatic heterocycles. The molecule has 0 spiro atoms. The molecular weight excluding hydrogens is 188 g/mol. The van der Waals surface area contributed by atoms with Crippen molar-refractivity contribution >= 4 is 5.91 Å². The van der Waals surface area contributed by atoms with Crippen LogP contribution in [0.2, 0.25) is 0 Å². The summed E-state index contributed by atoms with van der Waals surface area (Å²) in [4.78, 5) is 11.6. The third-order valence-electron chi connectivity index (χ3n) is 3.56. The summed E-state index contributed by atoms with van der Waals surface area (Å²) in [5.74, 6) is -0.162. The summed E-state index contributed by atoms with van der Waals surface area (Å²) in [5, 5.41) is 3.45. The van der Waals surface area contributed by atoms with E-state index in [0.717, 1.165) is 32.1 Å². The van der Waals surface area contributed by atoms with Crippen molar-refractivity contribution in [2.75, 3.05) is 0 Å². The van der Waals surface area contributed by atoms with Gasteiger partial charge in [-0.3, -0.25) is 4.79 Å². The molecule has 0 bridgehead atoms. The molecule has 1 saturated carbocycles. The fourth-order valence-corrected chi connectivity index (χ4v) is 2.37. The number of hydrogen-bond donors (Lipinski definition) is 2. The standard InChI is InChI=1S/C12H24N2O/c1-3-10(2)14-12(11(13)15)8-6-4-5-7-9-12/h10,14H,3-9H2,1-2H3,(H2,13,15). The van der Waals surface area contributed by atoms with E-state index >= 15 is 0 Å². The quantitative estimate of drug-likeness (QED) is 0.700. The van der Waals surface area contributed by atoms with Crippen molar-refractivity contribution in [2.45, 2.75) is 70.4 Å². The van der Waals surface area contributed by atoms with Gasteiger partial charge in [0.2, 0.25) is 5.91 Å². The average Bonchev–Trinajstić information content (AvgIpc) is 2.44. The lowest BCUT2D eigenvalue weighted by Crippen LogP contribution is -2.57. The van der Waals surface area contributed by atoms with E-state index in [1.165, 1.54) is 12.8 Å². The first-order valence-corrected chi connectivity index (χ1v) is 6.18. The van der Waals surface area contributed by atoms with Crippen molar-refractivity contribution in [3.63, 3.8) is 0 Å². The van der Waals surface area contributed by atoms with Crippen molar-refractivity contribution in [3.05, 3.63) is 0 Å². The zero-order valence-corrected chi connectivity index (χ0v) is 10.0. The van der Waals surface area contributed by atoms with Crippen LogP contribution in [0.1, 0.15) is 58.8 Å². The molecular formula is C12H24N2O. The van der Waals surface area contributed by atoms with Gasteiger partial charge in [0, 0.05) is 6.04 Å². The minimum atomic E-state index is -0.425. The van der Waals surface area contributed by atoms with Crippen LogP contribution in [0, 0.1) is 0 Å². The third-order valence-corrected chi connectivity index (χ3v) is 3.56. The number of amides is 1. The number of primary amides is 1. The van der Waals surface area contributed by atoms with Crippen molar-refractivity contribution in [1.29, 1.82) is 0 Å². The lowest BCUT2D eigenvalue weighted by atomic mass is 9.88. The van der Waals surface area contributed by atoms with Crippen LogP contribution in [-0.4, -0.2) is 17.5 Å². The maximum Gasteiger partial charge on any atom is 0.237 e. The Labute approximate surface area is 92.8 Å². The number of rotatable bonds is 4. The molecule has 3 nitrogen and oxygen atoms in total. The molecule has 1 aliphatic rings. The first-order chi connectivity index (χ1) is 7.10. The zero-order valence-electron chi connectivity index (χ0n) is 10.0. The highest BCUT2D eigenvalue weighted by Crippen LogP contribution is 2.27. The van der Waals surface area contributed by atoms with E-state index in [-0.39, 0.29) is 5.91 Å². The maximum absolute atomic E-state index is 11.6. The Morgan fingerprint density at radius 2 is 1.87 bits per heavy atom. The lowest BCUT2D eigenvalue weighted by molar-refractivity contribution is -0.125. The molecule has 1 amide bonds. The molecule has 0 saturated heterocycles. The largest absolute Gasteiger partial charge is 0.368 e. The molecule has 3 N–H and O–H groups in total. The summed E-state index contributed by atoms with van der Waals surface area (Å²) in [7, 11) is 0. The summed E-state index contributed by atoms with van der Waals surface area (Å²) in [5.41, 5.74) is 5.15. The van der Waals surface area contributed by atoms with Crippen molar-refractivity contribution in [3.8, 4) is 0 Å². The molecule has 0 heterocycles. The van der Waals surface area contributed by atoms with E-state index in [1.54, 1.807) is 0 Å². The molecule has 1 aliphatic carbocycles. The molecule has 0 radical (unpaired) electrons. The molecule has 1 fully saturated rings. The fourth-order valence-electron chi connectivity index (χ4n) is 2.37. The second-order valence-corrected chi connectivity index (χ2v) is 4.81. The first-order valence-electron chi connectivity index (χ1n) is 6.18. The van der Waals surface area contributed by atoms with Gasteiger partial charge in [0.05, 0.1) is 5.54 Å². The highest BCUT2D eigenvalue weighted by molar-refractivity contribution is 5.84. The van der Waals surface area contributed by atoms with Gasteiger partial charge in [-0.2, -0.15) is 0 Å². The maximum atomic E-state index is 11.6. The van der Waals surface area contributed by atoms with Crippen LogP contribution in [0.3, 0.4) is 0 Å². The second kappa shape index (κ2) is 5.50. The monoisotopic (exact) mass is 212 g/mol. The molecule has 3 heteroatoms. The third kappa shape index (κ3) is 3.20. The number of nitrogens with two attached hydrogens (primary N) is 1. The molecule has 1 atom stereocenters. The molecule has 1 rings (SSSR count). The minimum absolute atomic E-state index is 0.162. The van der Waals surface area contributed by atoms with Gasteiger partial charge in [0.15, 0.2) is 0 Å². The van der Waals surface area contributed by atoms with E-state index in [0.29, 0.717) is 6.04 Å². The molecule has 88 valence electrons. The highest BCUT2D eigenvalue weighted by Gasteiger charge is 2.37. The predicted octanol–water partition coefficient (Wildman–Crippen LogP) is 1.95. The second-order valence-electron chi connectivity index (χ2n) is 4.81. The predicted molar refractivity (Wildman–Crippen MR) is 62.5 cm³/mol. The normalized spacial score (nSPS) is 23.1. The Hall–Kier alpha value is -0.570. The first kappa shape index (κ1) is 12.5. The Morgan fingerprint density at radius 1 is 1.33 bits per heavy atom. The van der Waals surface area contributed by atoms with Crippen molar-refractivity contribution in [1.82, 2.24) is 5.32 Å². The van der Waals surface area contributed by atoms with Crippen LogP contribution in [0.4, 0.5) is 0 Å². The van der Waals surface area contributed by atoms with Gasteiger partial charge in [0.1, 0.15) is 0 Å². The molecule has 15 heavy (non-hydrogen) atoms. The Morgan fingerprint density at radius 3 is 2.27 bits per heavy atom. The fraction of sp³-hybridized carbons (Fsp3) is 0.917. The van der Waals surface area contributed by atoms with E-state index in [1.807, 2.05) is 0 Å². The van der Waals surface area contributed by atoms with Crippen LogP contribution < -0.4 is 11.1 Å². The van der Waals surface area contributed by atoms with Gasteiger partial charge in [-0.25, -0.2) is 0 Å². The van der Waals surface area contributed by atoms with Crippen LogP contribution in [-0.2, 0) is 4.79 Å². The van der Waals surface area contributed by atoms with Gasteiger partial charge in [-0.05, 0) is 26.2 Å². The Bertz CT molecular complexity index is 208. The summed E-state index contributed by atoms with van der Waals surface area (Å²) in [6.07, 6.45) is 7.56. The van der Waals surface area contributed by atoms with Crippen molar-refractivity contribution < 1.29 is 4.79 Å². The SMILES string of the molecule is CCC(C)NC1(C(N)=O)CCCCCC1. The number of hydrogen-bond acceptors (Lipinski definition) is 2. The summed E-state index contributed by atoms with van der Waals surface area (Å²) in [6.45, 7) is 4.25. The molecule has 0 aliphatic heterocycles. The Kier molecular flexibility index (Phi) is 4.58. The van der Waals surface area contributed by atoms with E-state index in [2.05, 4.69) is 19.2 Å². The van der Waals surface area contributed by atoms with Crippen LogP contribution in [0.25, 0.3) is 0 Å². The van der Waals surface area contributed by atoms with Gasteiger partial charge < -0.3 is 11.1 Å². The highest BCUT2D eigenvalue weighted by atomic mass is 16.1. The van der Waals surface area contributed by atoms with Gasteiger partial charge in [-0.15, -0.1) is 0 Å². The molecule has 0 aromatic carbocycles. The zero-order chi connectivity index (χ0) is 11.3. The van der Waals surface area contributed by atoms with Gasteiger partial charge in [0.25, 0.3) is 0 Å². The summed E-state index contributed by atoms with van der Waals surface area (Å²) in [6, 6.07) is 0.371. The minimum Gasteiger partial charge on any atom is -0.368 e. The van der Waals surface area contributed by atoms with Crippen LogP contribution in [0.5, 0.6) is 0 Å². The number of nitrogens with one attached hydrogen (secondary N) is 1. The van der Waals surface area contributed by atoms with Gasteiger partial charge >= 0.3 is 0 Å². The summed E-state index contributed by atoms with van der Waals surface area (Å²) >= 11 is 0. The molecule has 0 aromatic rings. The van der Waals surface area contributed by atoms with Crippen LogP contribution >= 0.6 is 0 Å². The van der Waals surface area contributed by atoms with E-state index < -0.39 is 5.54 Å². The summed E-state index contributed by atoms with van der Waals surface area (Å²) < 4.78 is 0. The van der Waals surface area contributed by atoms with E-state index in [4.69, 9.17) is 5.73 Å². The number of carbonyl (C=O) groups excluding carboxylic acids is 1. The average molecular weight is 212 g/mol. The molecule has 1 unspecified atom stereocenters. The van der Waals surface area contributed by atoms with Gasteiger partial charge in [-0.1, -0.05) is 32.6 Å². The lowest BCUT2D eigenvalue weighted by Gasteiger charge is -2.33. The van der Waals surface area contributed by atoms with Crippen LogP contribution in [0.15, 0.2) is 0 Å². The van der Waals surface area contributed by atoms with Crippen molar-refractivity contribution in [2.24, 2.45) is 5.73 Å². The topological polar surface area (TPSA) is 55.1 Å².